The van der Waals surface area contributed by atoms with Gasteiger partial charge in [-0.15, -0.1) is 0 Å². The maximum atomic E-state index is 13.2. The van der Waals surface area contributed by atoms with Crippen LogP contribution in [0, 0.1) is 0 Å². The van der Waals surface area contributed by atoms with Crippen molar-refractivity contribution in [2.24, 2.45) is 0 Å². The highest BCUT2D eigenvalue weighted by Gasteiger charge is 2.38. The Balaban J connectivity index is 1.48. The minimum atomic E-state index is -0.252. The van der Waals surface area contributed by atoms with Crippen LogP contribution >= 0.6 is 0 Å². The number of carbonyl (C=O) groups is 2. The van der Waals surface area contributed by atoms with E-state index in [1.807, 2.05) is 42.5 Å². The summed E-state index contributed by atoms with van der Waals surface area (Å²) in [4.78, 5) is 25.6. The first-order valence-corrected chi connectivity index (χ1v) is 9.72. The highest BCUT2D eigenvalue weighted by atomic mass is 16.7. The summed E-state index contributed by atoms with van der Waals surface area (Å²) < 4.78 is 16.1. The number of Topliss-reactive ketones (excluding diaryl/α,β-unsaturated/α-hetero) is 1. The van der Waals surface area contributed by atoms with Gasteiger partial charge in [0.05, 0.1) is 7.11 Å². The zero-order valence-electron chi connectivity index (χ0n) is 16.1. The first kappa shape index (κ1) is 17.8. The molecular weight excluding hydrogens is 370 g/mol. The average Bonchev–Trinajstić information content (AvgIpc) is 3.20. The van der Waals surface area contributed by atoms with Crippen molar-refractivity contribution in [3.63, 3.8) is 0 Å². The molecule has 0 radical (unpaired) electrons. The van der Waals surface area contributed by atoms with E-state index in [0.29, 0.717) is 24.3 Å². The van der Waals surface area contributed by atoms with E-state index in [0.717, 1.165) is 28.1 Å². The molecule has 2 heterocycles. The summed E-state index contributed by atoms with van der Waals surface area (Å²) in [6.45, 7) is 0.195. The summed E-state index contributed by atoms with van der Waals surface area (Å²) in [5, 5.41) is 2.96. The number of carbonyl (C=O) groups excluding carboxylic acids is 2. The van der Waals surface area contributed by atoms with E-state index in [9.17, 15) is 9.59 Å². The molecule has 1 amide bonds. The fraction of sp³-hybridized carbons (Fsp3) is 0.304. The molecule has 6 heteroatoms. The highest BCUT2D eigenvalue weighted by molar-refractivity contribution is 6.02. The van der Waals surface area contributed by atoms with Crippen LogP contribution in [0.2, 0.25) is 0 Å². The van der Waals surface area contributed by atoms with Crippen LogP contribution in [-0.2, 0) is 9.59 Å². The second-order valence-electron chi connectivity index (χ2n) is 7.61. The molecule has 6 nitrogen and oxygen atoms in total. The van der Waals surface area contributed by atoms with Crippen LogP contribution in [0.1, 0.15) is 42.2 Å². The quantitative estimate of drug-likeness (QED) is 0.868. The molecule has 5 rings (SSSR count). The van der Waals surface area contributed by atoms with Gasteiger partial charge in [0, 0.05) is 30.0 Å². The molecule has 0 unspecified atom stereocenters. The molecular formula is C23H21NO5. The Kier molecular flexibility index (Phi) is 4.27. The topological polar surface area (TPSA) is 73.9 Å². The van der Waals surface area contributed by atoms with Crippen LogP contribution in [0.15, 0.2) is 53.7 Å². The number of ketones is 1. The van der Waals surface area contributed by atoms with Crippen LogP contribution < -0.4 is 19.5 Å². The number of methoxy groups -OCH3 is 1. The minimum absolute atomic E-state index is 0.0444. The molecule has 2 atom stereocenters. The normalized spacial score (nSPS) is 22.9. The van der Waals surface area contributed by atoms with Crippen molar-refractivity contribution in [3.8, 4) is 17.2 Å². The van der Waals surface area contributed by atoms with Crippen LogP contribution in [0.4, 0.5) is 0 Å². The van der Waals surface area contributed by atoms with Crippen molar-refractivity contribution in [3.05, 3.63) is 64.9 Å². The average molecular weight is 391 g/mol. The number of hydrogen-bond acceptors (Lipinski definition) is 5. The van der Waals surface area contributed by atoms with Crippen molar-refractivity contribution in [2.45, 2.75) is 31.1 Å². The fourth-order valence-electron chi connectivity index (χ4n) is 4.49. The summed E-state index contributed by atoms with van der Waals surface area (Å²) >= 11 is 0. The molecule has 3 aliphatic rings. The van der Waals surface area contributed by atoms with E-state index in [1.54, 1.807) is 7.11 Å². The van der Waals surface area contributed by atoms with Crippen molar-refractivity contribution < 1.29 is 23.8 Å². The SMILES string of the molecule is COc1ccc([C@H]2CC(=O)C3=C(C2)NC(=O)C[C@H]3c2ccc3c(c2)OCO3)cc1. The second kappa shape index (κ2) is 6.95. The fourth-order valence-corrected chi connectivity index (χ4v) is 4.49. The van der Waals surface area contributed by atoms with Gasteiger partial charge in [-0.3, -0.25) is 9.59 Å². The van der Waals surface area contributed by atoms with Crippen molar-refractivity contribution >= 4 is 11.7 Å². The monoisotopic (exact) mass is 391 g/mol. The second-order valence-corrected chi connectivity index (χ2v) is 7.61. The van der Waals surface area contributed by atoms with Gasteiger partial charge in [0.15, 0.2) is 17.3 Å². The van der Waals surface area contributed by atoms with Crippen LogP contribution in [0.5, 0.6) is 17.2 Å². The lowest BCUT2D eigenvalue weighted by Gasteiger charge is -2.34. The molecule has 0 saturated heterocycles. The van der Waals surface area contributed by atoms with Gasteiger partial charge >= 0.3 is 0 Å². The molecule has 0 spiro atoms. The van der Waals surface area contributed by atoms with Gasteiger partial charge in [0.1, 0.15) is 5.75 Å². The molecule has 0 fully saturated rings. The van der Waals surface area contributed by atoms with E-state index in [2.05, 4.69) is 5.32 Å². The molecule has 2 aromatic carbocycles. The van der Waals surface area contributed by atoms with Gasteiger partial charge < -0.3 is 19.5 Å². The number of hydrogen-bond donors (Lipinski definition) is 1. The predicted molar refractivity (Wildman–Crippen MR) is 105 cm³/mol. The first-order chi connectivity index (χ1) is 14.1. The van der Waals surface area contributed by atoms with Crippen molar-refractivity contribution in [2.75, 3.05) is 13.9 Å². The highest BCUT2D eigenvalue weighted by Crippen LogP contribution is 2.44. The van der Waals surface area contributed by atoms with Gasteiger partial charge in [-0.25, -0.2) is 0 Å². The number of rotatable bonds is 3. The third kappa shape index (κ3) is 3.14. The summed E-state index contributed by atoms with van der Waals surface area (Å²) in [6, 6.07) is 13.4. The lowest BCUT2D eigenvalue weighted by molar-refractivity contribution is -0.122. The Morgan fingerprint density at radius 3 is 2.48 bits per heavy atom. The number of benzene rings is 2. The molecule has 148 valence electrons. The van der Waals surface area contributed by atoms with Gasteiger partial charge in [-0.05, 0) is 47.7 Å². The van der Waals surface area contributed by atoms with E-state index in [1.165, 1.54) is 0 Å². The predicted octanol–water partition coefficient (Wildman–Crippen LogP) is 3.43. The zero-order valence-corrected chi connectivity index (χ0v) is 16.1. The largest absolute Gasteiger partial charge is 0.497 e. The zero-order chi connectivity index (χ0) is 20.0. The van der Waals surface area contributed by atoms with E-state index < -0.39 is 0 Å². The lowest BCUT2D eigenvalue weighted by atomic mass is 9.73. The van der Waals surface area contributed by atoms with Crippen LogP contribution in [-0.4, -0.2) is 25.6 Å². The Hall–Kier alpha value is -3.28. The van der Waals surface area contributed by atoms with Crippen molar-refractivity contribution in [1.29, 1.82) is 0 Å². The summed E-state index contributed by atoms with van der Waals surface area (Å²) in [5.74, 6) is 1.96. The number of fused-ring (bicyclic) bond motifs is 1. The number of nitrogens with one attached hydrogen (secondary N) is 1. The van der Waals surface area contributed by atoms with E-state index in [4.69, 9.17) is 14.2 Å². The van der Waals surface area contributed by atoms with Gasteiger partial charge in [0.25, 0.3) is 0 Å². The maximum absolute atomic E-state index is 13.2. The van der Waals surface area contributed by atoms with Gasteiger partial charge in [0.2, 0.25) is 12.7 Å². The van der Waals surface area contributed by atoms with E-state index >= 15 is 0 Å². The first-order valence-electron chi connectivity index (χ1n) is 9.72. The summed E-state index contributed by atoms with van der Waals surface area (Å²) in [7, 11) is 1.63. The maximum Gasteiger partial charge on any atom is 0.231 e. The minimum Gasteiger partial charge on any atom is -0.497 e. The third-order valence-electron chi connectivity index (χ3n) is 5.92. The van der Waals surface area contributed by atoms with E-state index in [-0.39, 0.29) is 36.7 Å². The molecule has 1 aliphatic carbocycles. The standard InChI is InChI=1S/C23H21NO5/c1-27-16-5-2-13(3-6-16)15-8-18-23(19(25)9-15)17(11-22(26)24-18)14-4-7-20-21(10-14)29-12-28-20/h2-7,10,15,17H,8-9,11-12H2,1H3,(H,24,26)/t15-,17+/m1/s1. The molecule has 2 aliphatic heterocycles. The molecule has 0 bridgehead atoms. The lowest BCUT2D eigenvalue weighted by Crippen LogP contribution is -2.38. The Morgan fingerprint density at radius 1 is 0.931 bits per heavy atom. The number of ether oxygens (including phenoxy) is 3. The van der Waals surface area contributed by atoms with Crippen LogP contribution in [0.25, 0.3) is 0 Å². The molecule has 0 saturated carbocycles. The number of allylic oxidation sites excluding steroid dienone is 2. The Bertz CT molecular complexity index is 1020. The third-order valence-corrected chi connectivity index (χ3v) is 5.92. The summed E-state index contributed by atoms with van der Waals surface area (Å²) in [6.07, 6.45) is 1.33. The van der Waals surface area contributed by atoms with Gasteiger partial charge in [-0.2, -0.15) is 0 Å². The molecule has 29 heavy (non-hydrogen) atoms. The summed E-state index contributed by atoms with van der Waals surface area (Å²) in [5.41, 5.74) is 3.47. The van der Waals surface area contributed by atoms with Gasteiger partial charge in [-0.1, -0.05) is 18.2 Å². The Morgan fingerprint density at radius 2 is 1.69 bits per heavy atom. The van der Waals surface area contributed by atoms with Crippen LogP contribution in [0.3, 0.4) is 0 Å². The van der Waals surface area contributed by atoms with Crippen molar-refractivity contribution in [1.82, 2.24) is 5.32 Å². The smallest absolute Gasteiger partial charge is 0.231 e. The molecule has 2 aromatic rings. The molecule has 1 N–H and O–H groups in total. The Labute approximate surface area is 168 Å². The molecule has 0 aromatic heterocycles. The number of amides is 1.